The highest BCUT2D eigenvalue weighted by molar-refractivity contribution is 7.46. The Kier molecular flexibility index (Phi) is 2.83. The molecule has 0 saturated carbocycles. The minimum absolute atomic E-state index is 0.137. The van der Waals surface area contributed by atoms with Gasteiger partial charge in [-0.1, -0.05) is 0 Å². The second-order valence-electron chi connectivity index (χ2n) is 5.15. The van der Waals surface area contributed by atoms with Crippen molar-refractivity contribution < 1.29 is 28.7 Å². The van der Waals surface area contributed by atoms with Crippen molar-refractivity contribution in [2.45, 2.75) is 31.0 Å². The van der Waals surface area contributed by atoms with Crippen LogP contribution in [0.2, 0.25) is 0 Å². The van der Waals surface area contributed by atoms with Gasteiger partial charge in [0.15, 0.2) is 23.1 Å². The van der Waals surface area contributed by atoms with Crippen LogP contribution in [-0.4, -0.2) is 46.6 Å². The first-order valence-corrected chi connectivity index (χ1v) is 7.94. The maximum absolute atomic E-state index is 11.2. The van der Waals surface area contributed by atoms with Crippen molar-refractivity contribution >= 4 is 24.8 Å². The lowest BCUT2D eigenvalue weighted by Crippen LogP contribution is -2.34. The molecule has 2 aromatic rings. The summed E-state index contributed by atoms with van der Waals surface area (Å²) in [6.45, 7) is 0. The van der Waals surface area contributed by atoms with E-state index < -0.39 is 32.4 Å². The van der Waals surface area contributed by atoms with E-state index >= 15 is 0 Å². The number of phosphoric acid groups is 1. The van der Waals surface area contributed by atoms with E-state index in [1.165, 1.54) is 10.9 Å². The van der Waals surface area contributed by atoms with E-state index in [4.69, 9.17) is 24.8 Å². The van der Waals surface area contributed by atoms with Gasteiger partial charge in [0, 0.05) is 6.42 Å². The highest BCUT2D eigenvalue weighted by atomic mass is 31.2. The number of aliphatic hydroxyl groups is 1. The number of nitrogens with zero attached hydrogens (tertiary/aromatic N) is 4. The van der Waals surface area contributed by atoms with E-state index in [9.17, 15) is 9.67 Å². The molecular formula is C10H12N5O6P. The molecule has 12 heteroatoms. The molecule has 1 saturated heterocycles. The zero-order chi connectivity index (χ0) is 15.6. The summed E-state index contributed by atoms with van der Waals surface area (Å²) in [6.07, 6.45) is -2.15. The van der Waals surface area contributed by atoms with Crippen molar-refractivity contribution in [2.75, 3.05) is 5.73 Å². The fourth-order valence-corrected chi connectivity index (χ4v) is 3.45. The van der Waals surface area contributed by atoms with Crippen molar-refractivity contribution in [2.24, 2.45) is 0 Å². The largest absolute Gasteiger partial charge is 0.470 e. The van der Waals surface area contributed by atoms with Crippen LogP contribution >= 0.6 is 7.82 Å². The number of anilines is 1. The number of rotatable bonds is 2. The number of aromatic nitrogens is 4. The van der Waals surface area contributed by atoms with Crippen molar-refractivity contribution in [3.63, 3.8) is 0 Å². The van der Waals surface area contributed by atoms with Crippen LogP contribution in [0.5, 0.6) is 0 Å². The molecule has 4 unspecified atom stereocenters. The van der Waals surface area contributed by atoms with Gasteiger partial charge < -0.3 is 25.4 Å². The molecule has 2 aromatic heterocycles. The number of nitrogens with two attached hydrogens (primary N) is 1. The second kappa shape index (κ2) is 4.44. The molecule has 0 aromatic carbocycles. The average molecular weight is 329 g/mol. The number of phosphoric ester groups is 1. The van der Waals surface area contributed by atoms with Crippen LogP contribution in [0.1, 0.15) is 24.6 Å². The lowest BCUT2D eigenvalue weighted by molar-refractivity contribution is -0.107. The molecule has 2 aliphatic rings. The molecule has 5 N–H and O–H groups in total. The van der Waals surface area contributed by atoms with E-state index in [1.54, 1.807) is 0 Å². The molecule has 2 aliphatic heterocycles. The molecule has 1 fully saturated rings. The summed E-state index contributed by atoms with van der Waals surface area (Å²) in [4.78, 5) is 30.4. The standard InChI is InChI=1S/C10H12N5O6P/c11-8-5-9(13-2-12-8)15-4-1-3(16)6(20-4)7(10(15)14-5)21-22(17,18)19/h2-4,6-7,16H,1H2,(H2,11,12,13)(H2,17,18,19). The summed E-state index contributed by atoms with van der Waals surface area (Å²) in [7, 11) is -4.82. The van der Waals surface area contributed by atoms with Gasteiger partial charge in [-0.2, -0.15) is 0 Å². The monoisotopic (exact) mass is 329 g/mol. The third-order valence-electron chi connectivity index (χ3n) is 3.76. The van der Waals surface area contributed by atoms with Gasteiger partial charge in [0.2, 0.25) is 0 Å². The minimum Gasteiger partial charge on any atom is -0.390 e. The van der Waals surface area contributed by atoms with Gasteiger partial charge in [-0.05, 0) is 0 Å². The first kappa shape index (κ1) is 14.0. The van der Waals surface area contributed by atoms with Gasteiger partial charge in [0.1, 0.15) is 24.5 Å². The molecule has 0 spiro atoms. The van der Waals surface area contributed by atoms with Crippen molar-refractivity contribution in [1.29, 1.82) is 0 Å². The molecule has 0 aliphatic carbocycles. The maximum Gasteiger partial charge on any atom is 0.470 e. The molecule has 0 amide bonds. The second-order valence-corrected chi connectivity index (χ2v) is 6.34. The highest BCUT2D eigenvalue weighted by Crippen LogP contribution is 2.51. The van der Waals surface area contributed by atoms with E-state index in [1.807, 2.05) is 0 Å². The number of imidazole rings is 1. The lowest BCUT2D eigenvalue weighted by atomic mass is 10.1. The third kappa shape index (κ3) is 1.95. The summed E-state index contributed by atoms with van der Waals surface area (Å²) in [5.74, 6) is 0.335. The van der Waals surface area contributed by atoms with Crippen LogP contribution < -0.4 is 5.73 Å². The quantitative estimate of drug-likeness (QED) is 0.513. The zero-order valence-electron chi connectivity index (χ0n) is 11.0. The van der Waals surface area contributed by atoms with Gasteiger partial charge in [0.25, 0.3) is 0 Å². The Hall–Kier alpha value is -1.62. The predicted octanol–water partition coefficient (Wildman–Crippen LogP) is -0.779. The van der Waals surface area contributed by atoms with Crippen LogP contribution in [0, 0.1) is 0 Å². The molecule has 2 bridgehead atoms. The van der Waals surface area contributed by atoms with Gasteiger partial charge in [-0.15, -0.1) is 0 Å². The SMILES string of the molecule is Nc1ncnc2c1nc1n2C2CC(O)C(O2)C1OP(=O)(O)O. The Balaban J connectivity index is 1.93. The fourth-order valence-electron chi connectivity index (χ4n) is 2.94. The van der Waals surface area contributed by atoms with Gasteiger partial charge in [0.05, 0.1) is 6.10 Å². The van der Waals surface area contributed by atoms with Gasteiger partial charge in [-0.25, -0.2) is 19.5 Å². The Morgan fingerprint density at radius 3 is 2.95 bits per heavy atom. The zero-order valence-corrected chi connectivity index (χ0v) is 11.9. The molecular weight excluding hydrogens is 317 g/mol. The van der Waals surface area contributed by atoms with Crippen LogP contribution in [-0.2, 0) is 13.8 Å². The Morgan fingerprint density at radius 2 is 2.23 bits per heavy atom. The average Bonchev–Trinajstić information content (AvgIpc) is 2.95. The topological polar surface area (TPSA) is 166 Å². The molecule has 118 valence electrons. The fraction of sp³-hybridized carbons (Fsp3) is 0.500. The molecule has 11 nitrogen and oxygen atoms in total. The molecule has 22 heavy (non-hydrogen) atoms. The first-order valence-electron chi connectivity index (χ1n) is 6.41. The Bertz CT molecular complexity index is 804. The molecule has 4 atom stereocenters. The smallest absolute Gasteiger partial charge is 0.390 e. The van der Waals surface area contributed by atoms with Crippen molar-refractivity contribution in [1.82, 2.24) is 19.5 Å². The third-order valence-corrected chi connectivity index (χ3v) is 4.26. The summed E-state index contributed by atoms with van der Waals surface area (Å²) < 4.78 is 23.1. The van der Waals surface area contributed by atoms with E-state index in [0.29, 0.717) is 11.2 Å². The van der Waals surface area contributed by atoms with Crippen molar-refractivity contribution in [3.8, 4) is 0 Å². The lowest BCUT2D eigenvalue weighted by Gasteiger charge is -2.30. The minimum atomic E-state index is -4.82. The first-order chi connectivity index (χ1) is 10.3. The van der Waals surface area contributed by atoms with Crippen LogP contribution in [0.4, 0.5) is 5.82 Å². The summed E-state index contributed by atoms with van der Waals surface area (Å²) >= 11 is 0. The normalized spacial score (nSPS) is 30.7. The van der Waals surface area contributed by atoms with E-state index in [0.717, 1.165) is 0 Å². The highest BCUT2D eigenvalue weighted by Gasteiger charge is 2.51. The van der Waals surface area contributed by atoms with E-state index in [2.05, 4.69) is 15.0 Å². The molecule has 0 radical (unpaired) electrons. The van der Waals surface area contributed by atoms with Crippen LogP contribution in [0.15, 0.2) is 6.33 Å². The number of fused-ring (bicyclic) bond motifs is 6. The number of nitrogen functional groups attached to an aromatic ring is 1. The number of hydrogen-bond acceptors (Lipinski definition) is 8. The Morgan fingerprint density at radius 1 is 1.45 bits per heavy atom. The van der Waals surface area contributed by atoms with Gasteiger partial charge >= 0.3 is 7.82 Å². The van der Waals surface area contributed by atoms with Crippen LogP contribution in [0.3, 0.4) is 0 Å². The molecule has 4 rings (SSSR count). The summed E-state index contributed by atoms with van der Waals surface area (Å²) in [6, 6.07) is 0. The number of ether oxygens (including phenoxy) is 1. The molecule has 4 heterocycles. The van der Waals surface area contributed by atoms with E-state index in [-0.39, 0.29) is 18.1 Å². The summed E-state index contributed by atoms with van der Waals surface area (Å²) in [5, 5.41) is 10.0. The predicted molar refractivity (Wildman–Crippen MR) is 70.1 cm³/mol. The number of hydrogen-bond donors (Lipinski definition) is 4. The Labute approximate surface area is 123 Å². The van der Waals surface area contributed by atoms with Crippen LogP contribution in [0.25, 0.3) is 11.2 Å². The summed E-state index contributed by atoms with van der Waals surface area (Å²) in [5.41, 5.74) is 6.41. The number of aliphatic hydroxyl groups excluding tert-OH is 1. The van der Waals surface area contributed by atoms with Gasteiger partial charge in [-0.3, -0.25) is 9.09 Å². The maximum atomic E-state index is 11.2. The van der Waals surface area contributed by atoms with Crippen molar-refractivity contribution in [3.05, 3.63) is 12.2 Å².